The van der Waals surface area contributed by atoms with Gasteiger partial charge in [-0.1, -0.05) is 30.3 Å². The molecular formula is C21H32N2O5. The Bertz CT molecular complexity index is 588. The number of carboxylic acid groups (broad SMARTS) is 1. The van der Waals surface area contributed by atoms with Crippen LogP contribution in [-0.4, -0.2) is 60.1 Å². The topological polar surface area (TPSA) is 95.9 Å². The number of aliphatic carboxylic acids is 1. The maximum atomic E-state index is 11.9. The Morgan fingerprint density at radius 3 is 2.50 bits per heavy atom. The molecule has 2 N–H and O–H groups in total. The molecule has 0 spiro atoms. The number of carboxylic acids is 1. The fourth-order valence-electron chi connectivity index (χ4n) is 3.07. The van der Waals surface area contributed by atoms with Crippen LogP contribution in [0.1, 0.15) is 45.1 Å². The maximum Gasteiger partial charge on any atom is 0.328 e. The Labute approximate surface area is 167 Å². The predicted octanol–water partition coefficient (Wildman–Crippen LogP) is 2.24. The number of hydrogen-bond acceptors (Lipinski definition) is 5. The summed E-state index contributed by atoms with van der Waals surface area (Å²) in [7, 11) is 0. The van der Waals surface area contributed by atoms with Gasteiger partial charge in [0.15, 0.2) is 0 Å². The monoisotopic (exact) mass is 392 g/mol. The third-order valence-electron chi connectivity index (χ3n) is 4.60. The number of carbonyl (C=O) groups is 3. The molecule has 0 aliphatic carbocycles. The lowest BCUT2D eigenvalue weighted by atomic mass is 10.0. The van der Waals surface area contributed by atoms with Crippen molar-refractivity contribution in [1.82, 2.24) is 10.2 Å². The molecule has 7 heteroatoms. The van der Waals surface area contributed by atoms with E-state index < -0.39 is 12.0 Å². The van der Waals surface area contributed by atoms with Gasteiger partial charge in [0.2, 0.25) is 6.41 Å². The third-order valence-corrected chi connectivity index (χ3v) is 4.60. The van der Waals surface area contributed by atoms with Crippen LogP contribution in [0.25, 0.3) is 0 Å². The average molecular weight is 392 g/mol. The number of benzene rings is 1. The number of hydrogen-bond donors (Lipinski definition) is 2. The smallest absolute Gasteiger partial charge is 0.328 e. The van der Waals surface area contributed by atoms with E-state index >= 15 is 0 Å². The van der Waals surface area contributed by atoms with Crippen LogP contribution in [0, 0.1) is 0 Å². The minimum absolute atomic E-state index is 0.269. The first-order valence-corrected chi connectivity index (χ1v) is 9.91. The van der Waals surface area contributed by atoms with Crippen molar-refractivity contribution in [2.75, 3.05) is 19.7 Å². The van der Waals surface area contributed by atoms with Crippen molar-refractivity contribution in [3.8, 4) is 0 Å². The molecule has 7 nitrogen and oxygen atoms in total. The normalized spacial score (nSPS) is 16.4. The molecule has 0 radical (unpaired) electrons. The standard InChI is InChI=1S/C16H23NO3.C5H9NO2/c1-3-17(13-18)15(16(19)20-4-2)12-8-11-14-9-6-5-7-10-14;7-5(8)4-2-1-3-6-4/h5-7,9-10,13,15H,3-4,8,11-12H2,1-2H3;4,6H,1-3H2,(H,7,8)/t;4-/m.0/s1. The minimum atomic E-state index is -0.720. The SMILES string of the molecule is CCOC(=O)C(CCCc1ccccc1)N(C=O)CC.O=C(O)[C@@H]1CCCN1. The summed E-state index contributed by atoms with van der Waals surface area (Å²) in [5, 5.41) is 11.2. The fourth-order valence-corrected chi connectivity index (χ4v) is 3.07. The minimum Gasteiger partial charge on any atom is -0.480 e. The summed E-state index contributed by atoms with van der Waals surface area (Å²) in [6.45, 7) is 5.34. The predicted molar refractivity (Wildman–Crippen MR) is 107 cm³/mol. The lowest BCUT2D eigenvalue weighted by Gasteiger charge is -2.25. The van der Waals surface area contributed by atoms with Crippen LogP contribution in [-0.2, 0) is 25.5 Å². The second-order valence-electron chi connectivity index (χ2n) is 6.57. The summed E-state index contributed by atoms with van der Waals surface area (Å²) in [6, 6.07) is 9.38. The van der Waals surface area contributed by atoms with E-state index in [1.165, 1.54) is 10.5 Å². The zero-order valence-corrected chi connectivity index (χ0v) is 16.8. The van der Waals surface area contributed by atoms with Gasteiger partial charge in [-0.05, 0) is 58.1 Å². The van der Waals surface area contributed by atoms with Crippen LogP contribution in [0.15, 0.2) is 30.3 Å². The molecule has 0 aromatic heterocycles. The molecule has 1 aromatic rings. The van der Waals surface area contributed by atoms with Crippen LogP contribution in [0.2, 0.25) is 0 Å². The number of rotatable bonds is 10. The van der Waals surface area contributed by atoms with E-state index in [0.29, 0.717) is 19.6 Å². The van der Waals surface area contributed by atoms with Gasteiger partial charge >= 0.3 is 11.9 Å². The number of aryl methyl sites for hydroxylation is 1. The molecule has 2 rings (SSSR count). The highest BCUT2D eigenvalue weighted by Crippen LogP contribution is 2.12. The van der Waals surface area contributed by atoms with Crippen LogP contribution in [0.4, 0.5) is 0 Å². The molecule has 1 amide bonds. The second kappa shape index (κ2) is 13.7. The number of esters is 1. The number of nitrogens with zero attached hydrogens (tertiary/aromatic N) is 1. The number of carbonyl (C=O) groups excluding carboxylic acids is 2. The molecular weight excluding hydrogens is 360 g/mol. The van der Waals surface area contributed by atoms with Crippen LogP contribution < -0.4 is 5.32 Å². The number of ether oxygens (including phenoxy) is 1. The Morgan fingerprint density at radius 2 is 2.04 bits per heavy atom. The third kappa shape index (κ3) is 8.52. The lowest BCUT2D eigenvalue weighted by molar-refractivity contribution is -0.152. The lowest BCUT2D eigenvalue weighted by Crippen LogP contribution is -2.41. The van der Waals surface area contributed by atoms with E-state index in [4.69, 9.17) is 9.84 Å². The highest BCUT2D eigenvalue weighted by Gasteiger charge is 2.24. The van der Waals surface area contributed by atoms with Crippen LogP contribution >= 0.6 is 0 Å². The molecule has 28 heavy (non-hydrogen) atoms. The van der Waals surface area contributed by atoms with Gasteiger partial charge in [0.25, 0.3) is 0 Å². The zero-order chi connectivity index (χ0) is 20.8. The first kappa shape index (κ1) is 23.6. The number of likely N-dealkylation sites (N-methyl/N-ethyl adjacent to an activating group) is 1. The summed E-state index contributed by atoms with van der Waals surface area (Å²) in [5.41, 5.74) is 1.24. The van der Waals surface area contributed by atoms with Crippen molar-refractivity contribution in [2.24, 2.45) is 0 Å². The van der Waals surface area contributed by atoms with E-state index in [1.807, 2.05) is 25.1 Å². The molecule has 2 atom stereocenters. The molecule has 1 heterocycles. The Morgan fingerprint density at radius 1 is 1.32 bits per heavy atom. The summed E-state index contributed by atoms with van der Waals surface area (Å²) >= 11 is 0. The molecule has 156 valence electrons. The first-order valence-electron chi connectivity index (χ1n) is 9.91. The van der Waals surface area contributed by atoms with E-state index in [0.717, 1.165) is 38.6 Å². The van der Waals surface area contributed by atoms with Gasteiger partial charge in [0.1, 0.15) is 12.1 Å². The molecule has 0 bridgehead atoms. The van der Waals surface area contributed by atoms with Crippen LogP contribution in [0.3, 0.4) is 0 Å². The molecule has 1 unspecified atom stereocenters. The Hall–Kier alpha value is -2.41. The number of amides is 1. The first-order chi connectivity index (χ1) is 13.5. The number of nitrogens with one attached hydrogen (secondary N) is 1. The van der Waals surface area contributed by atoms with E-state index in [9.17, 15) is 14.4 Å². The fraction of sp³-hybridized carbons (Fsp3) is 0.571. The summed E-state index contributed by atoms with van der Waals surface area (Å²) < 4.78 is 5.05. The van der Waals surface area contributed by atoms with Crippen molar-refractivity contribution in [3.63, 3.8) is 0 Å². The molecule has 1 saturated heterocycles. The van der Waals surface area contributed by atoms with Gasteiger partial charge in [0.05, 0.1) is 6.61 Å². The Kier molecular flexibility index (Phi) is 11.6. The highest BCUT2D eigenvalue weighted by atomic mass is 16.5. The molecule has 0 saturated carbocycles. The second-order valence-corrected chi connectivity index (χ2v) is 6.57. The van der Waals surface area contributed by atoms with Crippen LogP contribution in [0.5, 0.6) is 0 Å². The van der Waals surface area contributed by atoms with Gasteiger partial charge in [0, 0.05) is 6.54 Å². The molecule has 1 aromatic carbocycles. The Balaban J connectivity index is 0.000000406. The summed E-state index contributed by atoms with van der Waals surface area (Å²) in [4.78, 5) is 34.6. The van der Waals surface area contributed by atoms with Crippen molar-refractivity contribution >= 4 is 18.3 Å². The quantitative estimate of drug-likeness (QED) is 0.468. The van der Waals surface area contributed by atoms with Crippen molar-refractivity contribution in [3.05, 3.63) is 35.9 Å². The molecule has 1 aliphatic rings. The van der Waals surface area contributed by atoms with Gasteiger partial charge in [-0.15, -0.1) is 0 Å². The van der Waals surface area contributed by atoms with Gasteiger partial charge in [-0.2, -0.15) is 0 Å². The molecule has 1 fully saturated rings. The highest BCUT2D eigenvalue weighted by molar-refractivity contribution is 5.78. The van der Waals surface area contributed by atoms with Gasteiger partial charge < -0.3 is 20.1 Å². The largest absolute Gasteiger partial charge is 0.480 e. The van der Waals surface area contributed by atoms with E-state index in [-0.39, 0.29) is 12.0 Å². The zero-order valence-electron chi connectivity index (χ0n) is 16.8. The van der Waals surface area contributed by atoms with Crippen molar-refractivity contribution < 1.29 is 24.2 Å². The van der Waals surface area contributed by atoms with Crippen molar-refractivity contribution in [1.29, 1.82) is 0 Å². The van der Waals surface area contributed by atoms with Crippen molar-refractivity contribution in [2.45, 2.75) is 58.0 Å². The van der Waals surface area contributed by atoms with Gasteiger partial charge in [-0.25, -0.2) is 4.79 Å². The van der Waals surface area contributed by atoms with E-state index in [1.54, 1.807) is 6.92 Å². The molecule has 1 aliphatic heterocycles. The van der Waals surface area contributed by atoms with Gasteiger partial charge in [-0.3, -0.25) is 9.59 Å². The van der Waals surface area contributed by atoms with E-state index in [2.05, 4.69) is 17.4 Å². The summed E-state index contributed by atoms with van der Waals surface area (Å²) in [6.07, 6.45) is 4.88. The maximum absolute atomic E-state index is 11.9. The summed E-state index contributed by atoms with van der Waals surface area (Å²) in [5.74, 6) is -1.03. The average Bonchev–Trinajstić information content (AvgIpc) is 3.24.